The molecule has 132 valence electrons. The van der Waals surface area contributed by atoms with E-state index >= 15 is 0 Å². The molecule has 0 aliphatic carbocycles. The van der Waals surface area contributed by atoms with Crippen LogP contribution in [-0.4, -0.2) is 19.6 Å². The summed E-state index contributed by atoms with van der Waals surface area (Å²) in [5, 5.41) is 9.97. The lowest BCUT2D eigenvalue weighted by atomic mass is 10.1. The van der Waals surface area contributed by atoms with Crippen LogP contribution in [0.5, 0.6) is 0 Å². The summed E-state index contributed by atoms with van der Waals surface area (Å²) < 4.78 is 19.0. The van der Waals surface area contributed by atoms with Crippen LogP contribution < -0.4 is 10.6 Å². The minimum Gasteiger partial charge on any atom is -0.462 e. The lowest BCUT2D eigenvalue weighted by Crippen LogP contribution is -3.06. The molecular formula is C17H18ClFN3O2S+. The largest absolute Gasteiger partial charge is 0.462 e. The Balaban J connectivity index is 2.30. The van der Waals surface area contributed by atoms with E-state index in [1.807, 2.05) is 13.1 Å². The van der Waals surface area contributed by atoms with Gasteiger partial charge in [-0.05, 0) is 19.1 Å². The maximum Gasteiger partial charge on any atom is 0.348 e. The van der Waals surface area contributed by atoms with Crippen molar-refractivity contribution in [2.75, 3.05) is 19.4 Å². The van der Waals surface area contributed by atoms with Gasteiger partial charge in [0, 0.05) is 0 Å². The number of halogens is 2. The summed E-state index contributed by atoms with van der Waals surface area (Å²) in [6.45, 7) is 2.55. The highest BCUT2D eigenvalue weighted by Crippen LogP contribution is 2.30. The molecule has 1 aromatic heterocycles. The lowest BCUT2D eigenvalue weighted by molar-refractivity contribution is -0.907. The summed E-state index contributed by atoms with van der Waals surface area (Å²) >= 11 is 7.10. The number of ether oxygens (including phenoxy) is 1. The van der Waals surface area contributed by atoms with Gasteiger partial charge in [0.2, 0.25) is 0 Å². The van der Waals surface area contributed by atoms with E-state index in [-0.39, 0.29) is 23.0 Å². The van der Waals surface area contributed by atoms with Gasteiger partial charge in [0.15, 0.2) is 0 Å². The number of carbonyl (C=O) groups is 1. The summed E-state index contributed by atoms with van der Waals surface area (Å²) in [7, 11) is 1.83. The quantitative estimate of drug-likeness (QED) is 0.752. The summed E-state index contributed by atoms with van der Waals surface area (Å²) in [6, 6.07) is 6.56. The number of hydrogen-bond donors (Lipinski definition) is 2. The molecule has 0 spiro atoms. The molecule has 2 aromatic rings. The highest BCUT2D eigenvalue weighted by atomic mass is 35.5. The van der Waals surface area contributed by atoms with Crippen molar-refractivity contribution in [3.05, 3.63) is 50.6 Å². The Kier molecular flexibility index (Phi) is 6.37. The molecule has 2 rings (SSSR count). The molecule has 0 radical (unpaired) electrons. The number of nitriles is 1. The Hall–Kier alpha value is -2.14. The molecule has 0 fully saturated rings. The molecule has 0 aliphatic rings. The Bertz CT molecular complexity index is 812. The second-order valence-corrected chi connectivity index (χ2v) is 6.95. The van der Waals surface area contributed by atoms with E-state index in [0.29, 0.717) is 34.1 Å². The van der Waals surface area contributed by atoms with E-state index in [4.69, 9.17) is 22.1 Å². The number of hydrogen-bond acceptors (Lipinski definition) is 5. The van der Waals surface area contributed by atoms with Gasteiger partial charge >= 0.3 is 5.97 Å². The fourth-order valence-corrected chi connectivity index (χ4v) is 3.67. The van der Waals surface area contributed by atoms with Crippen LogP contribution in [0.2, 0.25) is 5.02 Å². The highest BCUT2D eigenvalue weighted by molar-refractivity contribution is 7.18. The van der Waals surface area contributed by atoms with Crippen molar-refractivity contribution in [2.24, 2.45) is 0 Å². The lowest BCUT2D eigenvalue weighted by Gasteiger charge is -2.16. The first-order chi connectivity index (χ1) is 11.9. The maximum atomic E-state index is 14.0. The molecule has 1 atom stereocenters. The fourth-order valence-electron chi connectivity index (χ4n) is 2.50. The smallest absolute Gasteiger partial charge is 0.348 e. The Morgan fingerprint density at radius 2 is 2.12 bits per heavy atom. The van der Waals surface area contributed by atoms with Crippen molar-refractivity contribution < 1.29 is 18.8 Å². The van der Waals surface area contributed by atoms with E-state index in [0.717, 1.165) is 16.2 Å². The van der Waals surface area contributed by atoms with Gasteiger partial charge in [0.1, 0.15) is 34.9 Å². The Morgan fingerprint density at radius 3 is 2.72 bits per heavy atom. The van der Waals surface area contributed by atoms with E-state index in [9.17, 15) is 14.4 Å². The average Bonchev–Trinajstić information content (AvgIpc) is 2.87. The van der Waals surface area contributed by atoms with Gasteiger partial charge in [-0.3, -0.25) is 0 Å². The van der Waals surface area contributed by atoms with Crippen molar-refractivity contribution in [1.82, 2.24) is 0 Å². The molecule has 3 N–H and O–H groups in total. The minimum absolute atomic E-state index is 0.228. The van der Waals surface area contributed by atoms with Gasteiger partial charge in [-0.2, -0.15) is 5.26 Å². The molecule has 1 heterocycles. The number of nitrogen functional groups attached to an aromatic ring is 1. The van der Waals surface area contributed by atoms with E-state index in [1.54, 1.807) is 19.1 Å². The normalized spacial score (nSPS) is 11.8. The SMILES string of the molecule is CCOC(=O)c1sc(N)c(C#N)c1C[NH+](C)Cc1c(F)cccc1Cl. The third-order valence-corrected chi connectivity index (χ3v) is 5.02. The van der Waals surface area contributed by atoms with Gasteiger partial charge in [-0.1, -0.05) is 17.7 Å². The van der Waals surface area contributed by atoms with Crippen LogP contribution in [0.3, 0.4) is 0 Å². The maximum absolute atomic E-state index is 14.0. The number of quaternary nitrogens is 1. The molecule has 0 aliphatic heterocycles. The first kappa shape index (κ1) is 19.2. The number of anilines is 1. The van der Waals surface area contributed by atoms with E-state index < -0.39 is 5.97 Å². The van der Waals surface area contributed by atoms with Crippen molar-refractivity contribution in [3.8, 4) is 6.07 Å². The molecule has 5 nitrogen and oxygen atoms in total. The molecule has 8 heteroatoms. The molecule has 0 saturated heterocycles. The van der Waals surface area contributed by atoms with E-state index in [2.05, 4.69) is 0 Å². The van der Waals surface area contributed by atoms with Crippen LogP contribution in [-0.2, 0) is 17.8 Å². The highest BCUT2D eigenvalue weighted by Gasteiger charge is 2.25. The molecule has 0 bridgehead atoms. The number of nitrogens with one attached hydrogen (secondary N) is 1. The van der Waals surface area contributed by atoms with Crippen LogP contribution in [0, 0.1) is 17.1 Å². The number of carbonyl (C=O) groups excluding carboxylic acids is 1. The molecular weight excluding hydrogens is 365 g/mol. The van der Waals surface area contributed by atoms with Gasteiger partial charge in [-0.25, -0.2) is 9.18 Å². The van der Waals surface area contributed by atoms with E-state index in [1.165, 1.54) is 6.07 Å². The van der Waals surface area contributed by atoms with Crippen LogP contribution >= 0.6 is 22.9 Å². The van der Waals surface area contributed by atoms with Gasteiger partial charge < -0.3 is 15.4 Å². The van der Waals surface area contributed by atoms with Crippen LogP contribution in [0.15, 0.2) is 18.2 Å². The molecule has 1 aromatic carbocycles. The topological polar surface area (TPSA) is 80.5 Å². The van der Waals surface area contributed by atoms with Gasteiger partial charge in [0.05, 0.1) is 35.4 Å². The van der Waals surface area contributed by atoms with Crippen LogP contribution in [0.25, 0.3) is 0 Å². The minimum atomic E-state index is -0.507. The summed E-state index contributed by atoms with van der Waals surface area (Å²) in [4.78, 5) is 13.3. The fraction of sp³-hybridized carbons (Fsp3) is 0.294. The summed E-state index contributed by atoms with van der Waals surface area (Å²) in [6.07, 6.45) is 0. The number of benzene rings is 1. The first-order valence-electron chi connectivity index (χ1n) is 7.61. The second kappa shape index (κ2) is 8.30. The van der Waals surface area contributed by atoms with Gasteiger partial charge in [-0.15, -0.1) is 11.3 Å². The molecule has 0 saturated carbocycles. The molecule has 0 amide bonds. The van der Waals surface area contributed by atoms with Crippen molar-refractivity contribution in [1.29, 1.82) is 5.26 Å². The van der Waals surface area contributed by atoms with Crippen molar-refractivity contribution >= 4 is 33.9 Å². The second-order valence-electron chi connectivity index (χ2n) is 5.49. The number of esters is 1. The third-order valence-electron chi connectivity index (χ3n) is 3.63. The zero-order valence-electron chi connectivity index (χ0n) is 13.9. The standard InChI is InChI=1S/C17H17ClFN3O2S/c1-3-24-17(23)15-11(10(7-20)16(21)25-15)8-22(2)9-12-13(18)5-4-6-14(12)19/h4-6H,3,8-9,21H2,1-2H3/p+1. The number of nitrogens with two attached hydrogens (primary N) is 1. The Morgan fingerprint density at radius 1 is 1.44 bits per heavy atom. The third kappa shape index (κ3) is 4.28. The average molecular weight is 383 g/mol. The first-order valence-corrected chi connectivity index (χ1v) is 8.81. The van der Waals surface area contributed by atoms with Crippen LogP contribution in [0.1, 0.15) is 33.3 Å². The summed E-state index contributed by atoms with van der Waals surface area (Å²) in [5.74, 6) is -0.893. The predicted molar refractivity (Wildman–Crippen MR) is 95.1 cm³/mol. The van der Waals surface area contributed by atoms with Crippen molar-refractivity contribution in [3.63, 3.8) is 0 Å². The molecule has 1 unspecified atom stereocenters. The van der Waals surface area contributed by atoms with Gasteiger partial charge in [0.25, 0.3) is 0 Å². The number of rotatable bonds is 6. The number of nitrogens with zero attached hydrogens (tertiary/aromatic N) is 1. The van der Waals surface area contributed by atoms with Crippen LogP contribution in [0.4, 0.5) is 9.39 Å². The zero-order chi connectivity index (χ0) is 18.6. The van der Waals surface area contributed by atoms with Crippen molar-refractivity contribution in [2.45, 2.75) is 20.0 Å². The zero-order valence-corrected chi connectivity index (χ0v) is 15.4. The predicted octanol–water partition coefficient (Wildman–Crippen LogP) is 2.39. The number of thiophene rings is 1. The monoisotopic (exact) mass is 382 g/mol. The Labute approximate surface area is 154 Å². The summed E-state index contributed by atoms with van der Waals surface area (Å²) in [5.41, 5.74) is 7.04. The molecule has 25 heavy (non-hydrogen) atoms.